The van der Waals surface area contributed by atoms with Crippen molar-refractivity contribution >= 4 is 43.9 Å². The van der Waals surface area contributed by atoms with Crippen molar-refractivity contribution in [3.8, 4) is 10.6 Å². The highest BCUT2D eigenvalue weighted by Crippen LogP contribution is 2.38. The van der Waals surface area contributed by atoms with Gasteiger partial charge in [0.25, 0.3) is 0 Å². The lowest BCUT2D eigenvalue weighted by atomic mass is 10.1. The molecule has 2 aromatic rings. The summed E-state index contributed by atoms with van der Waals surface area (Å²) in [5.74, 6) is 0. The Kier molecular flexibility index (Phi) is 2.10. The topological polar surface area (TPSA) is 12.9 Å². The Hall–Kier alpha value is -1.64. The van der Waals surface area contributed by atoms with Gasteiger partial charge in [-0.25, -0.2) is 4.98 Å². The summed E-state index contributed by atoms with van der Waals surface area (Å²) in [5, 5.41) is 4.23. The first-order valence-corrected chi connectivity index (χ1v) is 6.88. The molecule has 2 aliphatic rings. The van der Waals surface area contributed by atoms with Gasteiger partial charge in [-0.1, -0.05) is 29.8 Å². The van der Waals surface area contributed by atoms with E-state index < -0.39 is 0 Å². The van der Waals surface area contributed by atoms with Crippen LogP contribution in [0.15, 0.2) is 48.5 Å². The van der Waals surface area contributed by atoms with E-state index in [2.05, 4.69) is 35.3 Å². The van der Waals surface area contributed by atoms with Crippen molar-refractivity contribution in [2.75, 3.05) is 0 Å². The molecule has 1 nitrogen and oxygen atoms in total. The molecule has 0 aromatic heterocycles. The average Bonchev–Trinajstić information content (AvgIpc) is 2.73. The molecule has 0 N–H and O–H groups in total. The summed E-state index contributed by atoms with van der Waals surface area (Å²) in [5.41, 5.74) is 2.21. The number of aromatic nitrogens is 1. The molecule has 0 amide bonds. The van der Waals surface area contributed by atoms with Gasteiger partial charge in [0, 0.05) is 20.7 Å². The van der Waals surface area contributed by atoms with Crippen molar-refractivity contribution in [1.82, 2.24) is 4.98 Å². The van der Waals surface area contributed by atoms with Gasteiger partial charge in [0.15, 0.2) is 0 Å². The molecule has 2 aliphatic heterocycles. The van der Waals surface area contributed by atoms with Crippen LogP contribution in [-0.2, 0) is 0 Å². The second kappa shape index (κ2) is 3.67. The van der Waals surface area contributed by atoms with Gasteiger partial charge in [-0.05, 0) is 35.7 Å². The molecule has 0 fully saturated rings. The average molecular weight is 270 g/mol. The van der Waals surface area contributed by atoms with Crippen LogP contribution < -0.4 is 0 Å². The van der Waals surface area contributed by atoms with Crippen molar-refractivity contribution in [1.29, 1.82) is 0 Å². The minimum Gasteiger partial charge on any atom is -0.237 e. The van der Waals surface area contributed by atoms with E-state index in [4.69, 9.17) is 11.6 Å². The van der Waals surface area contributed by atoms with Crippen LogP contribution in [0.4, 0.5) is 0 Å². The van der Waals surface area contributed by atoms with Crippen LogP contribution in [0.25, 0.3) is 31.6 Å². The maximum Gasteiger partial charge on any atom is 0.125 e. The lowest BCUT2D eigenvalue weighted by Gasteiger charge is -2.01. The molecule has 0 radical (unpaired) electrons. The van der Waals surface area contributed by atoms with Crippen LogP contribution in [0.3, 0.4) is 0 Å². The van der Waals surface area contributed by atoms with Crippen LogP contribution in [0.1, 0.15) is 0 Å². The van der Waals surface area contributed by atoms with Gasteiger partial charge in [0.05, 0.1) is 5.52 Å². The van der Waals surface area contributed by atoms with E-state index in [9.17, 15) is 0 Å². The maximum absolute atomic E-state index is 6.07. The third-order valence-corrected chi connectivity index (χ3v) is 4.46. The maximum atomic E-state index is 6.07. The molecule has 0 bridgehead atoms. The molecule has 0 unspecified atom stereocenters. The number of halogens is 1. The molecule has 0 aliphatic carbocycles. The first-order valence-electron chi connectivity index (χ1n) is 5.69. The Morgan fingerprint density at radius 1 is 1.00 bits per heavy atom. The summed E-state index contributed by atoms with van der Waals surface area (Å²) in [4.78, 5) is 4.67. The van der Waals surface area contributed by atoms with Gasteiger partial charge < -0.3 is 0 Å². The molecule has 0 saturated heterocycles. The van der Waals surface area contributed by atoms with E-state index in [1.807, 2.05) is 18.2 Å². The SMILES string of the molecule is Clc1ccc2nc3sc4ccccc4cc-3c2c1. The van der Waals surface area contributed by atoms with E-state index in [0.717, 1.165) is 20.9 Å². The Morgan fingerprint density at radius 2 is 1.89 bits per heavy atom. The Balaban J connectivity index is 2.21. The van der Waals surface area contributed by atoms with Crippen LogP contribution in [-0.4, -0.2) is 4.98 Å². The van der Waals surface area contributed by atoms with Gasteiger partial charge in [0.1, 0.15) is 5.01 Å². The second-order valence-corrected chi connectivity index (χ2v) is 5.74. The highest BCUT2D eigenvalue weighted by Gasteiger charge is 2.13. The van der Waals surface area contributed by atoms with Crippen molar-refractivity contribution < 1.29 is 0 Å². The summed E-state index contributed by atoms with van der Waals surface area (Å²) < 4.78 is 1.26. The van der Waals surface area contributed by atoms with Crippen molar-refractivity contribution in [2.24, 2.45) is 0 Å². The van der Waals surface area contributed by atoms with Crippen LogP contribution in [0.2, 0.25) is 5.02 Å². The number of benzene rings is 2. The Bertz CT molecular complexity index is 850. The first-order chi connectivity index (χ1) is 8.81. The molecule has 2 heterocycles. The molecule has 86 valence electrons. The molecule has 4 rings (SSSR count). The summed E-state index contributed by atoms with van der Waals surface area (Å²) in [6.07, 6.45) is 0. The summed E-state index contributed by atoms with van der Waals surface area (Å²) in [6.45, 7) is 0. The normalized spacial score (nSPS) is 11.6. The Morgan fingerprint density at radius 3 is 2.83 bits per heavy atom. The van der Waals surface area contributed by atoms with E-state index in [-0.39, 0.29) is 0 Å². The van der Waals surface area contributed by atoms with E-state index >= 15 is 0 Å². The minimum absolute atomic E-state index is 0.759. The van der Waals surface area contributed by atoms with E-state index in [0.29, 0.717) is 0 Å². The zero-order valence-electron chi connectivity index (χ0n) is 9.35. The smallest absolute Gasteiger partial charge is 0.125 e. The van der Waals surface area contributed by atoms with Crippen LogP contribution in [0, 0.1) is 0 Å². The Labute approximate surface area is 113 Å². The van der Waals surface area contributed by atoms with Crippen molar-refractivity contribution in [2.45, 2.75) is 0 Å². The molecule has 18 heavy (non-hydrogen) atoms. The van der Waals surface area contributed by atoms with Gasteiger partial charge in [-0.15, -0.1) is 11.3 Å². The highest BCUT2D eigenvalue weighted by molar-refractivity contribution is 7.21. The van der Waals surface area contributed by atoms with E-state index in [1.54, 1.807) is 11.3 Å². The van der Waals surface area contributed by atoms with E-state index in [1.165, 1.54) is 15.6 Å². The minimum atomic E-state index is 0.759. The fourth-order valence-corrected chi connectivity index (χ4v) is 3.47. The van der Waals surface area contributed by atoms with Crippen molar-refractivity contribution in [3.05, 3.63) is 53.6 Å². The monoisotopic (exact) mass is 269 g/mol. The van der Waals surface area contributed by atoms with Gasteiger partial charge in [0.2, 0.25) is 0 Å². The number of fused-ring (bicyclic) bond motifs is 4. The predicted molar refractivity (Wildman–Crippen MR) is 78.8 cm³/mol. The number of hydrogen-bond acceptors (Lipinski definition) is 2. The predicted octanol–water partition coefficient (Wildman–Crippen LogP) is 5.21. The largest absolute Gasteiger partial charge is 0.237 e. The fourth-order valence-electron chi connectivity index (χ4n) is 2.28. The third-order valence-electron chi connectivity index (χ3n) is 3.13. The van der Waals surface area contributed by atoms with Gasteiger partial charge in [-0.3, -0.25) is 0 Å². The van der Waals surface area contributed by atoms with Crippen LogP contribution in [0.5, 0.6) is 0 Å². The number of rotatable bonds is 0. The van der Waals surface area contributed by atoms with Crippen molar-refractivity contribution in [3.63, 3.8) is 0 Å². The lowest BCUT2D eigenvalue weighted by Crippen LogP contribution is -1.75. The molecule has 3 heteroatoms. The first kappa shape index (κ1) is 10.3. The summed E-state index contributed by atoms with van der Waals surface area (Å²) >= 11 is 7.80. The summed E-state index contributed by atoms with van der Waals surface area (Å²) in [7, 11) is 0. The molecule has 0 atom stereocenters. The summed E-state index contributed by atoms with van der Waals surface area (Å²) in [6, 6.07) is 16.5. The zero-order valence-corrected chi connectivity index (χ0v) is 10.9. The third kappa shape index (κ3) is 1.43. The lowest BCUT2D eigenvalue weighted by molar-refractivity contribution is 1.52. The van der Waals surface area contributed by atoms with Gasteiger partial charge >= 0.3 is 0 Å². The standard InChI is InChI=1S/C15H8ClNS/c16-10-5-6-13-11(8-10)12-7-9-3-1-2-4-14(9)18-15(12)17-13/h1-8H. The number of nitrogens with zero attached hydrogens (tertiary/aromatic N) is 1. The van der Waals surface area contributed by atoms with Gasteiger partial charge in [-0.2, -0.15) is 0 Å². The molecule has 0 spiro atoms. The highest BCUT2D eigenvalue weighted by atomic mass is 35.5. The molecule has 0 saturated carbocycles. The van der Waals surface area contributed by atoms with Crippen LogP contribution >= 0.6 is 22.9 Å². The molecule has 2 aromatic carbocycles. The molecular weight excluding hydrogens is 262 g/mol. The second-order valence-electron chi connectivity index (χ2n) is 4.28. The number of hydrogen-bond donors (Lipinski definition) is 0. The zero-order chi connectivity index (χ0) is 12.1. The molecular formula is C15H8ClNS. The quantitative estimate of drug-likeness (QED) is 0.427. The fraction of sp³-hybridized carbons (Fsp3) is 0.